The lowest BCUT2D eigenvalue weighted by Crippen LogP contribution is -2.28. The van der Waals surface area contributed by atoms with Crippen LogP contribution in [0.1, 0.15) is 42.4 Å². The summed E-state index contributed by atoms with van der Waals surface area (Å²) in [6, 6.07) is 6.15. The van der Waals surface area contributed by atoms with Crippen molar-refractivity contribution in [1.82, 2.24) is 14.9 Å². The highest BCUT2D eigenvalue weighted by molar-refractivity contribution is 5.96. The zero-order valence-corrected chi connectivity index (χ0v) is 15.1. The maximum Gasteiger partial charge on any atom is 0.254 e. The van der Waals surface area contributed by atoms with E-state index in [0.717, 1.165) is 16.9 Å². The topological polar surface area (TPSA) is 58.1 Å². The number of anilines is 1. The molecule has 0 aliphatic carbocycles. The van der Waals surface area contributed by atoms with Gasteiger partial charge in [0.25, 0.3) is 5.91 Å². The Morgan fingerprint density at radius 1 is 1.25 bits per heavy atom. The molecule has 2 aromatic rings. The Bertz CT molecular complexity index is 685. The predicted molar refractivity (Wildman–Crippen MR) is 96.9 cm³/mol. The summed E-state index contributed by atoms with van der Waals surface area (Å²) in [6.07, 6.45) is 4.94. The molecule has 0 spiro atoms. The Hall–Kier alpha value is -2.43. The molecule has 0 bridgehead atoms. The zero-order chi connectivity index (χ0) is 17.7. The number of nitrogens with zero attached hydrogens (tertiary/aromatic N) is 3. The maximum atomic E-state index is 12.8. The quantitative estimate of drug-likeness (QED) is 0.882. The number of rotatable bonds is 6. The van der Waals surface area contributed by atoms with Gasteiger partial charge in [0.15, 0.2) is 0 Å². The molecule has 0 fully saturated rings. The molecule has 24 heavy (non-hydrogen) atoms. The highest BCUT2D eigenvalue weighted by atomic mass is 16.2. The van der Waals surface area contributed by atoms with E-state index < -0.39 is 0 Å². The van der Waals surface area contributed by atoms with Crippen molar-refractivity contribution in [2.24, 2.45) is 5.92 Å². The van der Waals surface area contributed by atoms with Gasteiger partial charge in [-0.25, -0.2) is 0 Å². The van der Waals surface area contributed by atoms with E-state index in [-0.39, 0.29) is 5.91 Å². The molecule has 128 valence electrons. The average molecular weight is 326 g/mol. The van der Waals surface area contributed by atoms with Crippen LogP contribution < -0.4 is 5.32 Å². The summed E-state index contributed by atoms with van der Waals surface area (Å²) < 4.78 is 0. The molecule has 0 aliphatic rings. The third-order valence-electron chi connectivity index (χ3n) is 4.31. The Kier molecular flexibility index (Phi) is 5.90. The number of amides is 1. The largest absolute Gasteiger partial charge is 0.382 e. The standard InChI is InChI=1S/C19H26N4O/c1-13(2)15(4)22-18-8-6-7-17(14(18)3)19(24)23(5)12-16-11-20-9-10-21-16/h6-11,13,15,22H,12H2,1-5H3/t15-/m1/s1. The molecule has 0 unspecified atom stereocenters. The molecule has 1 amide bonds. The van der Waals surface area contributed by atoms with Crippen molar-refractivity contribution in [3.63, 3.8) is 0 Å². The maximum absolute atomic E-state index is 12.8. The van der Waals surface area contributed by atoms with Gasteiger partial charge in [-0.05, 0) is 37.5 Å². The fraction of sp³-hybridized carbons (Fsp3) is 0.421. The summed E-state index contributed by atoms with van der Waals surface area (Å²) in [5.74, 6) is 0.502. The van der Waals surface area contributed by atoms with E-state index in [9.17, 15) is 4.79 Å². The van der Waals surface area contributed by atoms with Crippen LogP contribution >= 0.6 is 0 Å². The number of benzene rings is 1. The van der Waals surface area contributed by atoms with E-state index in [1.165, 1.54) is 0 Å². The first-order valence-corrected chi connectivity index (χ1v) is 8.26. The molecule has 1 atom stereocenters. The first-order chi connectivity index (χ1) is 11.4. The summed E-state index contributed by atoms with van der Waals surface area (Å²) in [7, 11) is 1.79. The molecule has 1 aromatic heterocycles. The molecule has 1 N–H and O–H groups in total. The van der Waals surface area contributed by atoms with Crippen molar-refractivity contribution < 1.29 is 4.79 Å². The van der Waals surface area contributed by atoms with Gasteiger partial charge in [-0.3, -0.25) is 14.8 Å². The fourth-order valence-electron chi connectivity index (χ4n) is 2.37. The van der Waals surface area contributed by atoms with Crippen molar-refractivity contribution >= 4 is 11.6 Å². The molecular weight excluding hydrogens is 300 g/mol. The van der Waals surface area contributed by atoms with Crippen LogP contribution in [0, 0.1) is 12.8 Å². The molecule has 0 aliphatic heterocycles. The number of carbonyl (C=O) groups is 1. The van der Waals surface area contributed by atoms with Gasteiger partial charge in [0.2, 0.25) is 0 Å². The summed E-state index contributed by atoms with van der Waals surface area (Å²) >= 11 is 0. The Balaban J connectivity index is 2.17. The molecule has 5 nitrogen and oxygen atoms in total. The van der Waals surface area contributed by atoms with Crippen molar-refractivity contribution in [2.75, 3.05) is 12.4 Å². The molecular formula is C19H26N4O. The average Bonchev–Trinajstić information content (AvgIpc) is 2.56. The van der Waals surface area contributed by atoms with Crippen molar-refractivity contribution in [3.05, 3.63) is 53.6 Å². The lowest BCUT2D eigenvalue weighted by Gasteiger charge is -2.23. The third-order valence-corrected chi connectivity index (χ3v) is 4.31. The van der Waals surface area contributed by atoms with Gasteiger partial charge in [0, 0.05) is 36.7 Å². The molecule has 5 heteroatoms. The Morgan fingerprint density at radius 2 is 2.00 bits per heavy atom. The van der Waals surface area contributed by atoms with Crippen LogP contribution in [0.3, 0.4) is 0 Å². The van der Waals surface area contributed by atoms with Crippen LogP contribution in [0.5, 0.6) is 0 Å². The van der Waals surface area contributed by atoms with E-state index in [1.54, 1.807) is 30.5 Å². The summed E-state index contributed by atoms with van der Waals surface area (Å²) in [4.78, 5) is 22.7. The van der Waals surface area contributed by atoms with E-state index in [4.69, 9.17) is 0 Å². The van der Waals surface area contributed by atoms with Crippen LogP contribution in [-0.4, -0.2) is 33.9 Å². The van der Waals surface area contributed by atoms with Gasteiger partial charge in [-0.2, -0.15) is 0 Å². The highest BCUT2D eigenvalue weighted by Crippen LogP contribution is 2.22. The van der Waals surface area contributed by atoms with Crippen LogP contribution in [0.2, 0.25) is 0 Å². The van der Waals surface area contributed by atoms with Gasteiger partial charge in [-0.1, -0.05) is 19.9 Å². The summed E-state index contributed by atoms with van der Waals surface area (Å²) in [5, 5.41) is 3.50. The summed E-state index contributed by atoms with van der Waals surface area (Å²) in [6.45, 7) is 8.93. The zero-order valence-electron chi connectivity index (χ0n) is 15.1. The minimum Gasteiger partial charge on any atom is -0.382 e. The van der Waals surface area contributed by atoms with Crippen LogP contribution in [0.25, 0.3) is 0 Å². The minimum absolute atomic E-state index is 0.0148. The number of nitrogens with one attached hydrogen (secondary N) is 1. The van der Waals surface area contributed by atoms with E-state index in [0.29, 0.717) is 24.1 Å². The van der Waals surface area contributed by atoms with Gasteiger partial charge < -0.3 is 10.2 Å². The molecule has 2 rings (SSSR count). The van der Waals surface area contributed by atoms with Crippen molar-refractivity contribution in [3.8, 4) is 0 Å². The normalized spacial score (nSPS) is 12.1. The summed E-state index contributed by atoms with van der Waals surface area (Å²) in [5.41, 5.74) is 3.46. The molecule has 1 heterocycles. The van der Waals surface area contributed by atoms with Gasteiger partial charge >= 0.3 is 0 Å². The van der Waals surface area contributed by atoms with E-state index in [1.807, 2.05) is 25.1 Å². The van der Waals surface area contributed by atoms with Gasteiger partial charge in [0.1, 0.15) is 0 Å². The van der Waals surface area contributed by atoms with Crippen LogP contribution in [0.4, 0.5) is 5.69 Å². The lowest BCUT2D eigenvalue weighted by atomic mass is 10.0. The second kappa shape index (κ2) is 7.90. The third kappa shape index (κ3) is 4.31. The second-order valence-electron chi connectivity index (χ2n) is 6.51. The predicted octanol–water partition coefficient (Wildman–Crippen LogP) is 3.51. The minimum atomic E-state index is -0.0148. The van der Waals surface area contributed by atoms with Gasteiger partial charge in [-0.15, -0.1) is 0 Å². The molecule has 0 saturated carbocycles. The monoisotopic (exact) mass is 326 g/mol. The Morgan fingerprint density at radius 3 is 2.62 bits per heavy atom. The number of aromatic nitrogens is 2. The number of carbonyl (C=O) groups excluding carboxylic acids is 1. The fourth-order valence-corrected chi connectivity index (χ4v) is 2.37. The number of hydrogen-bond acceptors (Lipinski definition) is 4. The van der Waals surface area contributed by atoms with Gasteiger partial charge in [0.05, 0.1) is 18.4 Å². The second-order valence-corrected chi connectivity index (χ2v) is 6.51. The van der Waals surface area contributed by atoms with Crippen LogP contribution in [0.15, 0.2) is 36.8 Å². The first-order valence-electron chi connectivity index (χ1n) is 8.26. The van der Waals surface area contributed by atoms with Crippen molar-refractivity contribution in [2.45, 2.75) is 40.3 Å². The molecule has 1 aromatic carbocycles. The SMILES string of the molecule is Cc1c(N[C@H](C)C(C)C)cccc1C(=O)N(C)Cc1cnccn1. The molecule has 0 saturated heterocycles. The highest BCUT2D eigenvalue weighted by Gasteiger charge is 2.17. The number of hydrogen-bond donors (Lipinski definition) is 1. The first kappa shape index (κ1) is 17.9. The Labute approximate surface area is 144 Å². The van der Waals surface area contributed by atoms with Crippen LogP contribution in [-0.2, 0) is 6.54 Å². The van der Waals surface area contributed by atoms with Crippen molar-refractivity contribution in [1.29, 1.82) is 0 Å². The smallest absolute Gasteiger partial charge is 0.254 e. The lowest BCUT2D eigenvalue weighted by molar-refractivity contribution is 0.0782. The van der Waals surface area contributed by atoms with E-state index >= 15 is 0 Å². The van der Waals surface area contributed by atoms with E-state index in [2.05, 4.69) is 36.1 Å². The molecule has 0 radical (unpaired) electrons.